The molecule has 1 aliphatic rings. The molecule has 1 aliphatic carbocycles. The Balaban J connectivity index is 2.12. The van der Waals surface area contributed by atoms with Crippen LogP contribution in [0, 0.1) is 0 Å². The van der Waals surface area contributed by atoms with Crippen LogP contribution in [0.4, 0.5) is 5.69 Å². The summed E-state index contributed by atoms with van der Waals surface area (Å²) in [6.45, 7) is 0. The Morgan fingerprint density at radius 1 is 1.40 bits per heavy atom. The summed E-state index contributed by atoms with van der Waals surface area (Å²) in [6, 6.07) is 5.77. The van der Waals surface area contributed by atoms with E-state index < -0.39 is 0 Å². The summed E-state index contributed by atoms with van der Waals surface area (Å²) in [6.07, 6.45) is 2.74. The highest BCUT2D eigenvalue weighted by Gasteiger charge is 2.25. The molecule has 15 heavy (non-hydrogen) atoms. The van der Waals surface area contributed by atoms with Crippen molar-refractivity contribution >= 4 is 33.2 Å². The van der Waals surface area contributed by atoms with Crippen LogP contribution >= 0.6 is 27.5 Å². The van der Waals surface area contributed by atoms with E-state index in [9.17, 15) is 5.11 Å². The van der Waals surface area contributed by atoms with Crippen LogP contribution in [0.3, 0.4) is 0 Å². The van der Waals surface area contributed by atoms with Gasteiger partial charge >= 0.3 is 0 Å². The maximum Gasteiger partial charge on any atom is 0.0741 e. The Kier molecular flexibility index (Phi) is 3.54. The Labute approximate surface area is 103 Å². The summed E-state index contributed by atoms with van der Waals surface area (Å²) in [5, 5.41) is 13.7. The summed E-state index contributed by atoms with van der Waals surface area (Å²) < 4.78 is 0.978. The van der Waals surface area contributed by atoms with Crippen molar-refractivity contribution < 1.29 is 5.11 Å². The number of halogens is 2. The van der Waals surface area contributed by atoms with Gasteiger partial charge in [0.15, 0.2) is 0 Å². The fraction of sp³-hybridized carbons (Fsp3) is 0.455. The van der Waals surface area contributed by atoms with Gasteiger partial charge in [0.1, 0.15) is 0 Å². The zero-order valence-electron chi connectivity index (χ0n) is 8.21. The monoisotopic (exact) mass is 289 g/mol. The molecule has 2 atom stereocenters. The van der Waals surface area contributed by atoms with Gasteiger partial charge < -0.3 is 10.4 Å². The molecule has 1 fully saturated rings. The largest absolute Gasteiger partial charge is 0.391 e. The van der Waals surface area contributed by atoms with Gasteiger partial charge in [-0.1, -0.05) is 11.6 Å². The number of rotatable bonds is 2. The van der Waals surface area contributed by atoms with Crippen LogP contribution in [0.2, 0.25) is 5.02 Å². The second-order valence-corrected chi connectivity index (χ2v) is 5.16. The standard InChI is InChI=1S/C11H13BrClNO/c12-8-5-4-7(13)6-10(8)14-9-2-1-3-11(9)15/h4-6,9,11,14-15H,1-3H2/t9-,11-/m1/s1. The number of benzene rings is 1. The van der Waals surface area contributed by atoms with Gasteiger partial charge in [0, 0.05) is 9.50 Å². The third kappa shape index (κ3) is 2.65. The molecule has 2 rings (SSSR count). The van der Waals surface area contributed by atoms with E-state index in [0.717, 1.165) is 29.4 Å². The Morgan fingerprint density at radius 2 is 2.20 bits per heavy atom. The molecule has 1 saturated carbocycles. The first-order chi connectivity index (χ1) is 7.16. The second-order valence-electron chi connectivity index (χ2n) is 3.87. The number of anilines is 1. The maximum absolute atomic E-state index is 9.70. The summed E-state index contributed by atoms with van der Waals surface area (Å²) in [5.74, 6) is 0. The first-order valence-corrected chi connectivity index (χ1v) is 6.23. The average Bonchev–Trinajstić information content (AvgIpc) is 2.58. The number of aliphatic hydroxyl groups is 1. The van der Waals surface area contributed by atoms with E-state index in [1.165, 1.54) is 0 Å². The van der Waals surface area contributed by atoms with Gasteiger partial charge in [-0.05, 0) is 53.4 Å². The molecule has 0 radical (unpaired) electrons. The Hall–Kier alpha value is -0.250. The number of hydrogen-bond donors (Lipinski definition) is 2. The topological polar surface area (TPSA) is 32.3 Å². The zero-order valence-corrected chi connectivity index (χ0v) is 10.6. The molecule has 0 spiro atoms. The molecule has 4 heteroatoms. The molecule has 0 aliphatic heterocycles. The van der Waals surface area contributed by atoms with Gasteiger partial charge in [0.2, 0.25) is 0 Å². The fourth-order valence-corrected chi connectivity index (χ4v) is 2.45. The first-order valence-electron chi connectivity index (χ1n) is 5.06. The van der Waals surface area contributed by atoms with Crippen molar-refractivity contribution in [1.82, 2.24) is 0 Å². The first kappa shape index (κ1) is 11.2. The van der Waals surface area contributed by atoms with E-state index in [4.69, 9.17) is 11.6 Å². The smallest absolute Gasteiger partial charge is 0.0741 e. The SMILES string of the molecule is O[C@@H]1CCC[C@H]1Nc1cc(Cl)ccc1Br. The van der Waals surface area contributed by atoms with Crippen LogP contribution in [-0.2, 0) is 0 Å². The molecule has 0 heterocycles. The fourth-order valence-electron chi connectivity index (χ4n) is 1.92. The molecular formula is C11H13BrClNO. The van der Waals surface area contributed by atoms with Gasteiger partial charge in [-0.2, -0.15) is 0 Å². The lowest BCUT2D eigenvalue weighted by Crippen LogP contribution is -2.27. The van der Waals surface area contributed by atoms with Crippen molar-refractivity contribution in [2.24, 2.45) is 0 Å². The van der Waals surface area contributed by atoms with E-state index in [-0.39, 0.29) is 12.1 Å². The summed E-state index contributed by atoms with van der Waals surface area (Å²) >= 11 is 9.37. The minimum atomic E-state index is -0.240. The lowest BCUT2D eigenvalue weighted by Gasteiger charge is -2.18. The van der Waals surface area contributed by atoms with Crippen molar-refractivity contribution in [2.45, 2.75) is 31.4 Å². The third-order valence-corrected chi connectivity index (χ3v) is 3.68. The zero-order chi connectivity index (χ0) is 10.8. The van der Waals surface area contributed by atoms with Gasteiger partial charge in [0.25, 0.3) is 0 Å². The normalized spacial score (nSPS) is 25.5. The van der Waals surface area contributed by atoms with E-state index in [0.29, 0.717) is 5.02 Å². The van der Waals surface area contributed by atoms with Crippen molar-refractivity contribution in [3.05, 3.63) is 27.7 Å². The highest BCUT2D eigenvalue weighted by Crippen LogP contribution is 2.29. The molecule has 1 aromatic carbocycles. The molecule has 0 aromatic heterocycles. The van der Waals surface area contributed by atoms with Gasteiger partial charge in [0.05, 0.1) is 17.8 Å². The molecule has 2 N–H and O–H groups in total. The average molecular weight is 291 g/mol. The van der Waals surface area contributed by atoms with Crippen LogP contribution in [0.15, 0.2) is 22.7 Å². The van der Waals surface area contributed by atoms with Gasteiger partial charge in [-0.25, -0.2) is 0 Å². The minimum Gasteiger partial charge on any atom is -0.391 e. The van der Waals surface area contributed by atoms with Crippen molar-refractivity contribution in [2.75, 3.05) is 5.32 Å². The predicted molar refractivity (Wildman–Crippen MR) is 66.4 cm³/mol. The van der Waals surface area contributed by atoms with Crippen LogP contribution < -0.4 is 5.32 Å². The molecule has 2 nitrogen and oxygen atoms in total. The van der Waals surface area contributed by atoms with Crippen molar-refractivity contribution in [3.8, 4) is 0 Å². The van der Waals surface area contributed by atoms with Crippen LogP contribution in [0.5, 0.6) is 0 Å². The highest BCUT2D eigenvalue weighted by molar-refractivity contribution is 9.10. The Bertz CT molecular complexity index is 358. The summed E-state index contributed by atoms with van der Waals surface area (Å²) in [4.78, 5) is 0. The lowest BCUT2D eigenvalue weighted by molar-refractivity contribution is 0.172. The third-order valence-electron chi connectivity index (χ3n) is 2.75. The van der Waals surface area contributed by atoms with E-state index in [1.807, 2.05) is 18.2 Å². The predicted octanol–water partition coefficient (Wildman–Crippen LogP) is 3.43. The minimum absolute atomic E-state index is 0.153. The Morgan fingerprint density at radius 3 is 2.87 bits per heavy atom. The van der Waals surface area contributed by atoms with Gasteiger partial charge in [-0.15, -0.1) is 0 Å². The summed E-state index contributed by atoms with van der Waals surface area (Å²) in [5.41, 5.74) is 0.952. The molecule has 0 unspecified atom stereocenters. The molecule has 1 aromatic rings. The van der Waals surface area contributed by atoms with Crippen molar-refractivity contribution in [1.29, 1.82) is 0 Å². The van der Waals surface area contributed by atoms with E-state index in [1.54, 1.807) is 0 Å². The maximum atomic E-state index is 9.70. The number of hydrogen-bond acceptors (Lipinski definition) is 2. The second kappa shape index (κ2) is 4.73. The van der Waals surface area contributed by atoms with Crippen molar-refractivity contribution in [3.63, 3.8) is 0 Å². The van der Waals surface area contributed by atoms with E-state index >= 15 is 0 Å². The molecule has 0 bridgehead atoms. The van der Waals surface area contributed by atoms with Crippen LogP contribution in [-0.4, -0.2) is 17.3 Å². The highest BCUT2D eigenvalue weighted by atomic mass is 79.9. The quantitative estimate of drug-likeness (QED) is 0.874. The van der Waals surface area contributed by atoms with E-state index in [2.05, 4.69) is 21.2 Å². The van der Waals surface area contributed by atoms with Gasteiger partial charge in [-0.3, -0.25) is 0 Å². The number of aliphatic hydroxyl groups excluding tert-OH is 1. The molecule has 0 saturated heterocycles. The lowest BCUT2D eigenvalue weighted by atomic mass is 10.2. The molecule has 0 amide bonds. The number of nitrogens with one attached hydrogen (secondary N) is 1. The molecular weight excluding hydrogens is 277 g/mol. The van der Waals surface area contributed by atoms with Crippen LogP contribution in [0.25, 0.3) is 0 Å². The van der Waals surface area contributed by atoms with Crippen LogP contribution in [0.1, 0.15) is 19.3 Å². The summed E-state index contributed by atoms with van der Waals surface area (Å²) in [7, 11) is 0. The molecule has 82 valence electrons.